The molecule has 7 heteroatoms. The van der Waals surface area contributed by atoms with Crippen LogP contribution in [0.5, 0.6) is 0 Å². The SMILES string of the molecule is Cc1c(CNC(=O)C2(n3cccn3)CCNCC2)oc2ccc(F)cc12. The van der Waals surface area contributed by atoms with E-state index in [1.54, 1.807) is 16.9 Å². The predicted octanol–water partition coefficient (Wildman–Crippen LogP) is 2.47. The molecule has 4 rings (SSSR count). The van der Waals surface area contributed by atoms with Gasteiger partial charge in [0, 0.05) is 23.3 Å². The summed E-state index contributed by atoms with van der Waals surface area (Å²) in [6.07, 6.45) is 4.87. The highest BCUT2D eigenvalue weighted by Gasteiger charge is 2.41. The van der Waals surface area contributed by atoms with Gasteiger partial charge in [-0.3, -0.25) is 9.48 Å². The molecule has 0 radical (unpaired) electrons. The number of rotatable bonds is 4. The Labute approximate surface area is 150 Å². The van der Waals surface area contributed by atoms with Crippen molar-refractivity contribution in [1.29, 1.82) is 0 Å². The van der Waals surface area contributed by atoms with Gasteiger partial charge in [-0.15, -0.1) is 0 Å². The zero-order chi connectivity index (χ0) is 18.1. The van der Waals surface area contributed by atoms with Gasteiger partial charge < -0.3 is 15.1 Å². The minimum atomic E-state index is -0.694. The summed E-state index contributed by atoms with van der Waals surface area (Å²) in [6.45, 7) is 3.66. The van der Waals surface area contributed by atoms with E-state index in [2.05, 4.69) is 15.7 Å². The number of nitrogens with one attached hydrogen (secondary N) is 2. The quantitative estimate of drug-likeness (QED) is 0.753. The first-order chi connectivity index (χ1) is 12.6. The van der Waals surface area contributed by atoms with Gasteiger partial charge in [-0.05, 0) is 57.1 Å². The maximum Gasteiger partial charge on any atom is 0.248 e. The van der Waals surface area contributed by atoms with E-state index >= 15 is 0 Å². The van der Waals surface area contributed by atoms with E-state index in [4.69, 9.17) is 4.42 Å². The summed E-state index contributed by atoms with van der Waals surface area (Å²) in [4.78, 5) is 13.1. The molecule has 26 heavy (non-hydrogen) atoms. The van der Waals surface area contributed by atoms with E-state index in [1.807, 2.05) is 19.2 Å². The third kappa shape index (κ3) is 2.78. The van der Waals surface area contributed by atoms with Gasteiger partial charge in [0.05, 0.1) is 6.54 Å². The Morgan fingerprint density at radius 2 is 2.23 bits per heavy atom. The van der Waals surface area contributed by atoms with Crippen molar-refractivity contribution >= 4 is 16.9 Å². The molecule has 3 aromatic rings. The molecule has 1 fully saturated rings. The zero-order valence-electron chi connectivity index (χ0n) is 14.6. The average molecular weight is 356 g/mol. The van der Waals surface area contributed by atoms with Crippen LogP contribution in [0.4, 0.5) is 4.39 Å². The van der Waals surface area contributed by atoms with Crippen molar-refractivity contribution in [2.75, 3.05) is 13.1 Å². The third-order valence-corrected chi connectivity index (χ3v) is 5.20. The van der Waals surface area contributed by atoms with Crippen molar-refractivity contribution in [3.05, 3.63) is 53.8 Å². The van der Waals surface area contributed by atoms with E-state index < -0.39 is 5.54 Å². The summed E-state index contributed by atoms with van der Waals surface area (Å²) < 4.78 is 21.0. The molecule has 0 unspecified atom stereocenters. The molecule has 1 amide bonds. The highest BCUT2D eigenvalue weighted by atomic mass is 19.1. The number of nitrogens with zero attached hydrogens (tertiary/aromatic N) is 2. The second kappa shape index (κ2) is 6.57. The van der Waals surface area contributed by atoms with Crippen LogP contribution < -0.4 is 10.6 Å². The second-order valence-electron chi connectivity index (χ2n) is 6.71. The van der Waals surface area contributed by atoms with Crippen molar-refractivity contribution in [3.63, 3.8) is 0 Å². The summed E-state index contributed by atoms with van der Waals surface area (Å²) in [7, 11) is 0. The van der Waals surface area contributed by atoms with Gasteiger partial charge in [0.25, 0.3) is 0 Å². The Morgan fingerprint density at radius 3 is 2.96 bits per heavy atom. The first-order valence-corrected chi connectivity index (χ1v) is 8.77. The summed E-state index contributed by atoms with van der Waals surface area (Å²) in [6, 6.07) is 6.27. The summed E-state index contributed by atoms with van der Waals surface area (Å²) in [5, 5.41) is 11.3. The number of amides is 1. The molecule has 1 aliphatic rings. The molecule has 0 saturated carbocycles. The Kier molecular flexibility index (Phi) is 4.24. The van der Waals surface area contributed by atoms with Crippen molar-refractivity contribution in [1.82, 2.24) is 20.4 Å². The maximum absolute atomic E-state index is 13.5. The molecule has 0 spiro atoms. The van der Waals surface area contributed by atoms with Crippen LogP contribution in [-0.4, -0.2) is 28.8 Å². The molecule has 6 nitrogen and oxygen atoms in total. The lowest BCUT2D eigenvalue weighted by atomic mass is 9.87. The number of benzene rings is 1. The van der Waals surface area contributed by atoms with E-state index in [0.717, 1.165) is 24.0 Å². The van der Waals surface area contributed by atoms with E-state index in [-0.39, 0.29) is 18.3 Å². The van der Waals surface area contributed by atoms with Crippen LogP contribution in [0.1, 0.15) is 24.2 Å². The molecule has 0 atom stereocenters. The van der Waals surface area contributed by atoms with Crippen molar-refractivity contribution in [3.8, 4) is 0 Å². The van der Waals surface area contributed by atoms with E-state index in [9.17, 15) is 9.18 Å². The zero-order valence-corrected chi connectivity index (χ0v) is 14.6. The summed E-state index contributed by atoms with van der Waals surface area (Å²) in [5.74, 6) is 0.265. The van der Waals surface area contributed by atoms with Crippen LogP contribution in [0, 0.1) is 12.7 Å². The second-order valence-corrected chi connectivity index (χ2v) is 6.71. The number of furan rings is 1. The van der Waals surface area contributed by atoms with E-state index in [0.29, 0.717) is 24.2 Å². The number of halogens is 1. The van der Waals surface area contributed by atoms with Gasteiger partial charge in [-0.1, -0.05) is 0 Å². The van der Waals surface area contributed by atoms with Crippen LogP contribution >= 0.6 is 0 Å². The number of hydrogen-bond acceptors (Lipinski definition) is 4. The van der Waals surface area contributed by atoms with Gasteiger partial charge in [0.1, 0.15) is 22.7 Å². The Hall–Kier alpha value is -2.67. The lowest BCUT2D eigenvalue weighted by Gasteiger charge is -2.36. The smallest absolute Gasteiger partial charge is 0.248 e. The van der Waals surface area contributed by atoms with Gasteiger partial charge >= 0.3 is 0 Å². The topological polar surface area (TPSA) is 72.1 Å². The number of fused-ring (bicyclic) bond motifs is 1. The molecule has 2 aromatic heterocycles. The molecule has 136 valence electrons. The lowest BCUT2D eigenvalue weighted by molar-refractivity contribution is -0.132. The molecule has 3 heterocycles. The number of hydrogen-bond donors (Lipinski definition) is 2. The summed E-state index contributed by atoms with van der Waals surface area (Å²) in [5.41, 5.74) is 0.774. The molecule has 0 bridgehead atoms. The fourth-order valence-corrected chi connectivity index (χ4v) is 3.66. The Morgan fingerprint density at radius 1 is 1.42 bits per heavy atom. The van der Waals surface area contributed by atoms with Crippen LogP contribution in [-0.2, 0) is 16.9 Å². The number of aryl methyl sites for hydroxylation is 1. The monoisotopic (exact) mass is 356 g/mol. The molecular weight excluding hydrogens is 335 g/mol. The minimum Gasteiger partial charge on any atom is -0.459 e. The van der Waals surface area contributed by atoms with Crippen LogP contribution in [0.15, 0.2) is 41.1 Å². The average Bonchev–Trinajstić information content (AvgIpc) is 3.30. The molecule has 1 saturated heterocycles. The molecule has 2 N–H and O–H groups in total. The van der Waals surface area contributed by atoms with Crippen LogP contribution in [0.2, 0.25) is 0 Å². The van der Waals surface area contributed by atoms with Crippen molar-refractivity contribution in [2.45, 2.75) is 31.8 Å². The Bertz CT molecular complexity index is 927. The normalized spacial score (nSPS) is 16.7. The highest BCUT2D eigenvalue weighted by molar-refractivity contribution is 5.85. The van der Waals surface area contributed by atoms with Gasteiger partial charge in [0.15, 0.2) is 0 Å². The maximum atomic E-state index is 13.5. The lowest BCUT2D eigenvalue weighted by Crippen LogP contribution is -2.54. The first-order valence-electron chi connectivity index (χ1n) is 8.77. The number of carbonyl (C=O) groups is 1. The van der Waals surface area contributed by atoms with Crippen LogP contribution in [0.25, 0.3) is 11.0 Å². The largest absolute Gasteiger partial charge is 0.459 e. The van der Waals surface area contributed by atoms with Gasteiger partial charge in [-0.25, -0.2) is 4.39 Å². The van der Waals surface area contributed by atoms with Crippen molar-refractivity contribution < 1.29 is 13.6 Å². The van der Waals surface area contributed by atoms with Gasteiger partial charge in [-0.2, -0.15) is 5.10 Å². The predicted molar refractivity (Wildman–Crippen MR) is 95.1 cm³/mol. The van der Waals surface area contributed by atoms with Crippen molar-refractivity contribution in [2.24, 2.45) is 0 Å². The molecular formula is C19H21FN4O2. The molecule has 1 aliphatic heterocycles. The fraction of sp³-hybridized carbons (Fsp3) is 0.368. The van der Waals surface area contributed by atoms with Gasteiger partial charge in [0.2, 0.25) is 5.91 Å². The molecule has 0 aliphatic carbocycles. The first kappa shape index (κ1) is 16.8. The number of carbonyl (C=O) groups excluding carboxylic acids is 1. The molecule has 1 aromatic carbocycles. The number of piperidine rings is 1. The standard InChI is InChI=1S/C19H21FN4O2/c1-13-15-11-14(20)3-4-16(15)26-17(13)12-22-18(25)19(5-8-21-9-6-19)24-10-2-7-23-24/h2-4,7,10-11,21H,5-6,8-9,12H2,1H3,(H,22,25). The Balaban J connectivity index is 1.57. The third-order valence-electron chi connectivity index (χ3n) is 5.20. The summed E-state index contributed by atoms with van der Waals surface area (Å²) >= 11 is 0. The highest BCUT2D eigenvalue weighted by Crippen LogP contribution is 2.29. The number of aromatic nitrogens is 2. The van der Waals surface area contributed by atoms with Crippen LogP contribution in [0.3, 0.4) is 0 Å². The van der Waals surface area contributed by atoms with E-state index in [1.165, 1.54) is 12.1 Å². The fourth-order valence-electron chi connectivity index (χ4n) is 3.66. The minimum absolute atomic E-state index is 0.0752.